The van der Waals surface area contributed by atoms with E-state index in [0.29, 0.717) is 18.7 Å². The second-order valence-corrected chi connectivity index (χ2v) is 9.12. The normalized spacial score (nSPS) is 23.5. The summed E-state index contributed by atoms with van der Waals surface area (Å²) < 4.78 is 53.5. The number of nitrogens with zero attached hydrogens (tertiary/aromatic N) is 2. The fourth-order valence-electron chi connectivity index (χ4n) is 3.90. The summed E-state index contributed by atoms with van der Waals surface area (Å²) in [5.74, 6) is -1.09. The Kier molecular flexibility index (Phi) is 4.27. The SMILES string of the molecule is O=C1CC2(CCN(S(=O)(=O)c3cccc(F)c3)C2)CN1c1ccc(F)cc1. The van der Waals surface area contributed by atoms with Gasteiger partial charge in [-0.15, -0.1) is 0 Å². The number of hydrogen-bond donors (Lipinski definition) is 0. The number of carbonyl (C=O) groups is 1. The average molecular weight is 392 g/mol. The van der Waals surface area contributed by atoms with E-state index in [1.54, 1.807) is 17.0 Å². The average Bonchev–Trinajstić information content (AvgIpc) is 3.19. The minimum atomic E-state index is -3.82. The summed E-state index contributed by atoms with van der Waals surface area (Å²) in [6.45, 7) is 0.866. The molecule has 2 fully saturated rings. The van der Waals surface area contributed by atoms with Crippen LogP contribution >= 0.6 is 0 Å². The molecule has 1 amide bonds. The Labute approximate surface area is 156 Å². The van der Waals surface area contributed by atoms with Crippen LogP contribution in [0.1, 0.15) is 12.8 Å². The Morgan fingerprint density at radius 1 is 0.963 bits per heavy atom. The van der Waals surface area contributed by atoms with Crippen LogP contribution in [0.5, 0.6) is 0 Å². The van der Waals surface area contributed by atoms with Crippen LogP contribution in [0, 0.1) is 17.0 Å². The number of hydrogen-bond acceptors (Lipinski definition) is 3. The molecule has 5 nitrogen and oxygen atoms in total. The van der Waals surface area contributed by atoms with E-state index in [0.717, 1.165) is 6.07 Å². The van der Waals surface area contributed by atoms with Crippen molar-refractivity contribution in [3.8, 4) is 0 Å². The van der Waals surface area contributed by atoms with Gasteiger partial charge in [-0.05, 0) is 48.9 Å². The first-order chi connectivity index (χ1) is 12.8. The van der Waals surface area contributed by atoms with Crippen LogP contribution < -0.4 is 4.90 Å². The monoisotopic (exact) mass is 392 g/mol. The predicted octanol–water partition coefficient (Wildman–Crippen LogP) is 2.78. The fourth-order valence-corrected chi connectivity index (χ4v) is 5.49. The molecule has 2 aliphatic heterocycles. The number of carbonyl (C=O) groups excluding carboxylic acids is 1. The van der Waals surface area contributed by atoms with Gasteiger partial charge < -0.3 is 4.90 Å². The molecule has 2 aromatic rings. The van der Waals surface area contributed by atoms with Gasteiger partial charge in [-0.25, -0.2) is 17.2 Å². The summed E-state index contributed by atoms with van der Waals surface area (Å²) in [6.07, 6.45) is 0.782. The molecule has 8 heteroatoms. The van der Waals surface area contributed by atoms with Gasteiger partial charge in [0.25, 0.3) is 0 Å². The maximum absolute atomic E-state index is 13.4. The fraction of sp³-hybridized carbons (Fsp3) is 0.316. The molecule has 0 aliphatic carbocycles. The zero-order valence-electron chi connectivity index (χ0n) is 14.4. The summed E-state index contributed by atoms with van der Waals surface area (Å²) in [7, 11) is -3.82. The van der Waals surface area contributed by atoms with Gasteiger partial charge in [0.2, 0.25) is 15.9 Å². The molecule has 0 radical (unpaired) electrons. The Hall–Kier alpha value is -2.32. The second-order valence-electron chi connectivity index (χ2n) is 7.18. The highest BCUT2D eigenvalue weighted by molar-refractivity contribution is 7.89. The molecule has 0 N–H and O–H groups in total. The summed E-state index contributed by atoms with van der Waals surface area (Å²) >= 11 is 0. The molecule has 4 rings (SSSR count). The second kappa shape index (κ2) is 6.38. The van der Waals surface area contributed by atoms with Gasteiger partial charge in [0.05, 0.1) is 4.90 Å². The minimum absolute atomic E-state index is 0.0840. The minimum Gasteiger partial charge on any atom is -0.312 e. The van der Waals surface area contributed by atoms with Crippen LogP contribution in [0.3, 0.4) is 0 Å². The molecule has 2 heterocycles. The third kappa shape index (κ3) is 3.23. The topological polar surface area (TPSA) is 57.7 Å². The maximum Gasteiger partial charge on any atom is 0.243 e. The maximum atomic E-state index is 13.4. The molecule has 1 unspecified atom stereocenters. The number of sulfonamides is 1. The van der Waals surface area contributed by atoms with Crippen LogP contribution in [-0.2, 0) is 14.8 Å². The Bertz CT molecular complexity index is 994. The van der Waals surface area contributed by atoms with Gasteiger partial charge in [0, 0.05) is 37.2 Å². The predicted molar refractivity (Wildman–Crippen MR) is 95.6 cm³/mol. The molecular weight excluding hydrogens is 374 g/mol. The first-order valence-electron chi connectivity index (χ1n) is 8.61. The zero-order chi connectivity index (χ0) is 19.2. The lowest BCUT2D eigenvalue weighted by Gasteiger charge is -2.24. The van der Waals surface area contributed by atoms with Gasteiger partial charge in [-0.2, -0.15) is 4.31 Å². The third-order valence-electron chi connectivity index (χ3n) is 5.30. The highest BCUT2D eigenvalue weighted by Gasteiger charge is 2.50. The van der Waals surface area contributed by atoms with Gasteiger partial charge >= 0.3 is 0 Å². The molecule has 2 aromatic carbocycles. The van der Waals surface area contributed by atoms with Crippen molar-refractivity contribution in [2.45, 2.75) is 17.7 Å². The molecule has 0 bridgehead atoms. The lowest BCUT2D eigenvalue weighted by atomic mass is 9.86. The molecule has 142 valence electrons. The van der Waals surface area contributed by atoms with Crippen molar-refractivity contribution in [2.75, 3.05) is 24.5 Å². The van der Waals surface area contributed by atoms with E-state index in [1.165, 1.54) is 34.6 Å². The van der Waals surface area contributed by atoms with Crippen molar-refractivity contribution in [3.63, 3.8) is 0 Å². The third-order valence-corrected chi connectivity index (χ3v) is 7.14. The van der Waals surface area contributed by atoms with E-state index >= 15 is 0 Å². The van der Waals surface area contributed by atoms with Gasteiger partial charge in [0.1, 0.15) is 11.6 Å². The molecular formula is C19H18F2N2O3S. The van der Waals surface area contributed by atoms with Crippen LogP contribution in [0.15, 0.2) is 53.4 Å². The van der Waals surface area contributed by atoms with E-state index in [9.17, 15) is 22.0 Å². The van der Waals surface area contributed by atoms with E-state index < -0.39 is 21.3 Å². The van der Waals surface area contributed by atoms with Crippen molar-refractivity contribution in [1.29, 1.82) is 0 Å². The van der Waals surface area contributed by atoms with Crippen molar-refractivity contribution in [3.05, 3.63) is 60.2 Å². The van der Waals surface area contributed by atoms with Crippen molar-refractivity contribution in [2.24, 2.45) is 5.41 Å². The summed E-state index contributed by atoms with van der Waals surface area (Å²) in [5.41, 5.74) is 0.121. The zero-order valence-corrected chi connectivity index (χ0v) is 15.3. The Balaban J connectivity index is 1.55. The largest absolute Gasteiger partial charge is 0.312 e. The molecule has 1 spiro atoms. The Morgan fingerprint density at radius 3 is 2.41 bits per heavy atom. The first-order valence-corrected chi connectivity index (χ1v) is 10.0. The lowest BCUT2D eigenvalue weighted by molar-refractivity contribution is -0.117. The smallest absolute Gasteiger partial charge is 0.243 e. The van der Waals surface area contributed by atoms with Gasteiger partial charge in [0.15, 0.2) is 0 Å². The Morgan fingerprint density at radius 2 is 1.70 bits per heavy atom. The summed E-state index contributed by atoms with van der Waals surface area (Å²) in [5, 5.41) is 0. The number of benzene rings is 2. The number of rotatable bonds is 3. The number of anilines is 1. The first kappa shape index (κ1) is 18.1. The molecule has 0 aromatic heterocycles. The van der Waals surface area contributed by atoms with Crippen molar-refractivity contribution < 1.29 is 22.0 Å². The highest BCUT2D eigenvalue weighted by Crippen LogP contribution is 2.43. The standard InChI is InChI=1S/C19H18F2N2O3S/c20-14-4-6-16(7-5-14)23-13-19(11-18(23)24)8-9-22(12-19)27(25,26)17-3-1-2-15(21)10-17/h1-7,10H,8-9,11-13H2. The van der Waals surface area contributed by atoms with Crippen LogP contribution in [0.2, 0.25) is 0 Å². The van der Waals surface area contributed by atoms with Crippen LogP contribution in [-0.4, -0.2) is 38.3 Å². The van der Waals surface area contributed by atoms with Gasteiger partial charge in [-0.1, -0.05) is 6.07 Å². The number of halogens is 2. The van der Waals surface area contributed by atoms with Crippen molar-refractivity contribution >= 4 is 21.6 Å². The van der Waals surface area contributed by atoms with Crippen LogP contribution in [0.4, 0.5) is 14.5 Å². The van der Waals surface area contributed by atoms with Gasteiger partial charge in [-0.3, -0.25) is 4.79 Å². The van der Waals surface area contributed by atoms with E-state index in [-0.39, 0.29) is 36.1 Å². The van der Waals surface area contributed by atoms with E-state index in [1.807, 2.05) is 0 Å². The molecule has 1 atom stereocenters. The molecule has 2 aliphatic rings. The quantitative estimate of drug-likeness (QED) is 0.807. The highest BCUT2D eigenvalue weighted by atomic mass is 32.2. The summed E-state index contributed by atoms with van der Waals surface area (Å²) in [4.78, 5) is 14.0. The number of amides is 1. The molecule has 27 heavy (non-hydrogen) atoms. The lowest BCUT2D eigenvalue weighted by Crippen LogP contribution is -2.34. The van der Waals surface area contributed by atoms with E-state index in [2.05, 4.69) is 0 Å². The molecule has 0 saturated carbocycles. The molecule has 2 saturated heterocycles. The van der Waals surface area contributed by atoms with Crippen LogP contribution in [0.25, 0.3) is 0 Å². The van der Waals surface area contributed by atoms with E-state index in [4.69, 9.17) is 0 Å². The summed E-state index contributed by atoms with van der Waals surface area (Å²) in [6, 6.07) is 10.6. The van der Waals surface area contributed by atoms with Crippen molar-refractivity contribution in [1.82, 2.24) is 4.31 Å².